The largest absolute Gasteiger partial charge is 0.367 e. The number of hydrogen-bond donors (Lipinski definition) is 1. The van der Waals surface area contributed by atoms with Gasteiger partial charge in [0.1, 0.15) is 0 Å². The van der Waals surface area contributed by atoms with Crippen LogP contribution in [0.3, 0.4) is 0 Å². The van der Waals surface area contributed by atoms with Crippen molar-refractivity contribution in [2.24, 2.45) is 5.92 Å². The zero-order valence-corrected chi connectivity index (χ0v) is 11.9. The molecule has 1 atom stereocenters. The fourth-order valence-electron chi connectivity index (χ4n) is 2.15. The van der Waals surface area contributed by atoms with Crippen LogP contribution in [0.5, 0.6) is 0 Å². The van der Waals surface area contributed by atoms with Crippen molar-refractivity contribution in [1.82, 2.24) is 20.1 Å². The summed E-state index contributed by atoms with van der Waals surface area (Å²) >= 11 is 11.6. The summed E-state index contributed by atoms with van der Waals surface area (Å²) in [6.07, 6.45) is 2.63. The highest BCUT2D eigenvalue weighted by atomic mass is 35.5. The highest BCUT2D eigenvalue weighted by Gasteiger charge is 2.15. The van der Waals surface area contributed by atoms with E-state index in [1.165, 1.54) is 25.9 Å². The van der Waals surface area contributed by atoms with Crippen LogP contribution in [0.4, 0.5) is 5.82 Å². The van der Waals surface area contributed by atoms with Crippen LogP contribution in [0.15, 0.2) is 0 Å². The number of anilines is 1. The van der Waals surface area contributed by atoms with E-state index in [1.807, 2.05) is 0 Å². The number of aromatic nitrogens is 3. The molecule has 1 fully saturated rings. The molecular weight excluding hydrogens is 273 g/mol. The molecule has 1 aromatic heterocycles. The van der Waals surface area contributed by atoms with E-state index in [1.54, 1.807) is 0 Å². The Morgan fingerprint density at radius 1 is 1.28 bits per heavy atom. The van der Waals surface area contributed by atoms with E-state index >= 15 is 0 Å². The van der Waals surface area contributed by atoms with Gasteiger partial charge in [0, 0.05) is 13.1 Å². The average molecular weight is 290 g/mol. The number of nitrogens with zero attached hydrogens (tertiary/aromatic N) is 4. The minimum Gasteiger partial charge on any atom is -0.367 e. The third kappa shape index (κ3) is 3.93. The molecule has 0 bridgehead atoms. The lowest BCUT2D eigenvalue weighted by molar-refractivity contribution is 0.294. The van der Waals surface area contributed by atoms with E-state index in [0.717, 1.165) is 13.1 Å². The van der Waals surface area contributed by atoms with Gasteiger partial charge in [0.2, 0.25) is 5.28 Å². The number of nitrogens with one attached hydrogen (secondary N) is 1. The van der Waals surface area contributed by atoms with Gasteiger partial charge in [-0.2, -0.15) is 4.98 Å². The van der Waals surface area contributed by atoms with Gasteiger partial charge >= 0.3 is 0 Å². The van der Waals surface area contributed by atoms with E-state index in [4.69, 9.17) is 23.2 Å². The van der Waals surface area contributed by atoms with Gasteiger partial charge < -0.3 is 10.2 Å². The van der Waals surface area contributed by atoms with Gasteiger partial charge in [-0.1, -0.05) is 18.5 Å². The lowest BCUT2D eigenvalue weighted by Crippen LogP contribution is -2.29. The van der Waals surface area contributed by atoms with Gasteiger partial charge in [0.25, 0.3) is 0 Å². The SMILES string of the molecule is CC(CNc1nc(Cl)nnc1Cl)CN1CCCC1. The van der Waals surface area contributed by atoms with E-state index in [2.05, 4.69) is 32.3 Å². The van der Waals surface area contributed by atoms with Crippen molar-refractivity contribution >= 4 is 29.0 Å². The van der Waals surface area contributed by atoms with E-state index in [-0.39, 0.29) is 10.4 Å². The molecular formula is C11H17Cl2N5. The Balaban J connectivity index is 1.81. The topological polar surface area (TPSA) is 53.9 Å². The van der Waals surface area contributed by atoms with Crippen LogP contribution in [-0.4, -0.2) is 46.3 Å². The summed E-state index contributed by atoms with van der Waals surface area (Å²) in [6.45, 7) is 6.52. The Morgan fingerprint density at radius 3 is 2.72 bits per heavy atom. The number of halogens is 2. The van der Waals surface area contributed by atoms with Crippen molar-refractivity contribution in [3.63, 3.8) is 0 Å². The van der Waals surface area contributed by atoms with E-state index < -0.39 is 0 Å². The fourth-order valence-corrected chi connectivity index (χ4v) is 2.42. The highest BCUT2D eigenvalue weighted by Crippen LogP contribution is 2.17. The molecule has 5 nitrogen and oxygen atoms in total. The lowest BCUT2D eigenvalue weighted by atomic mass is 10.1. The van der Waals surface area contributed by atoms with Crippen molar-refractivity contribution in [1.29, 1.82) is 0 Å². The van der Waals surface area contributed by atoms with Crippen molar-refractivity contribution in [2.45, 2.75) is 19.8 Å². The minimum atomic E-state index is 0.106. The Kier molecular flexibility index (Phi) is 4.97. The van der Waals surface area contributed by atoms with Crippen molar-refractivity contribution in [3.8, 4) is 0 Å². The smallest absolute Gasteiger partial charge is 0.245 e. The maximum absolute atomic E-state index is 5.88. The van der Waals surface area contributed by atoms with Crippen LogP contribution >= 0.6 is 23.2 Å². The molecule has 2 heterocycles. The average Bonchev–Trinajstić information content (AvgIpc) is 2.83. The lowest BCUT2D eigenvalue weighted by Gasteiger charge is -2.20. The quantitative estimate of drug-likeness (QED) is 0.902. The van der Waals surface area contributed by atoms with Gasteiger partial charge in [-0.25, -0.2) is 0 Å². The van der Waals surface area contributed by atoms with E-state index in [0.29, 0.717) is 11.7 Å². The number of hydrogen-bond acceptors (Lipinski definition) is 5. The van der Waals surface area contributed by atoms with Crippen LogP contribution in [0.25, 0.3) is 0 Å². The summed E-state index contributed by atoms with van der Waals surface area (Å²) in [4.78, 5) is 6.50. The molecule has 0 saturated carbocycles. The monoisotopic (exact) mass is 289 g/mol. The molecule has 1 N–H and O–H groups in total. The Hall–Kier alpha value is -0.650. The summed E-state index contributed by atoms with van der Waals surface area (Å²) in [5, 5.41) is 10.8. The first kappa shape index (κ1) is 13.8. The zero-order chi connectivity index (χ0) is 13.0. The zero-order valence-electron chi connectivity index (χ0n) is 10.4. The first-order valence-electron chi connectivity index (χ1n) is 6.17. The second-order valence-corrected chi connectivity index (χ2v) is 5.41. The third-order valence-corrected chi connectivity index (χ3v) is 3.42. The Morgan fingerprint density at radius 2 is 2.00 bits per heavy atom. The van der Waals surface area contributed by atoms with Crippen LogP contribution in [0.2, 0.25) is 10.4 Å². The van der Waals surface area contributed by atoms with Gasteiger partial charge in [-0.15, -0.1) is 10.2 Å². The predicted molar refractivity (Wildman–Crippen MR) is 73.2 cm³/mol. The van der Waals surface area contributed by atoms with Crippen LogP contribution < -0.4 is 5.32 Å². The molecule has 1 saturated heterocycles. The Labute approximate surface area is 117 Å². The summed E-state index contributed by atoms with van der Waals surface area (Å²) in [5.41, 5.74) is 0. The molecule has 1 aliphatic rings. The molecule has 0 radical (unpaired) electrons. The van der Waals surface area contributed by atoms with Crippen LogP contribution in [0.1, 0.15) is 19.8 Å². The van der Waals surface area contributed by atoms with Gasteiger partial charge in [-0.3, -0.25) is 0 Å². The number of likely N-dealkylation sites (tertiary alicyclic amines) is 1. The predicted octanol–water partition coefficient (Wildman–Crippen LogP) is 2.32. The van der Waals surface area contributed by atoms with Gasteiger partial charge in [0.05, 0.1) is 0 Å². The second-order valence-electron chi connectivity index (χ2n) is 4.71. The minimum absolute atomic E-state index is 0.106. The van der Waals surface area contributed by atoms with Crippen molar-refractivity contribution in [2.75, 3.05) is 31.5 Å². The second kappa shape index (κ2) is 6.50. The molecule has 0 aliphatic carbocycles. The molecule has 7 heteroatoms. The molecule has 0 aromatic carbocycles. The molecule has 0 amide bonds. The maximum atomic E-state index is 5.88. The van der Waals surface area contributed by atoms with Crippen LogP contribution in [0, 0.1) is 5.92 Å². The molecule has 100 valence electrons. The molecule has 0 spiro atoms. The van der Waals surface area contributed by atoms with Gasteiger partial charge in [-0.05, 0) is 43.5 Å². The first-order valence-corrected chi connectivity index (χ1v) is 6.92. The Bertz CT molecular complexity index is 395. The summed E-state index contributed by atoms with van der Waals surface area (Å²) < 4.78 is 0. The van der Waals surface area contributed by atoms with Crippen LogP contribution in [-0.2, 0) is 0 Å². The normalized spacial score (nSPS) is 17.9. The maximum Gasteiger partial charge on any atom is 0.245 e. The number of rotatable bonds is 5. The van der Waals surface area contributed by atoms with E-state index in [9.17, 15) is 0 Å². The summed E-state index contributed by atoms with van der Waals surface area (Å²) in [6, 6.07) is 0. The third-order valence-electron chi connectivity index (χ3n) is 3.01. The molecule has 2 rings (SSSR count). The fraction of sp³-hybridized carbons (Fsp3) is 0.727. The summed E-state index contributed by atoms with van der Waals surface area (Å²) in [5.74, 6) is 1.03. The van der Waals surface area contributed by atoms with Crippen molar-refractivity contribution in [3.05, 3.63) is 10.4 Å². The van der Waals surface area contributed by atoms with Crippen molar-refractivity contribution < 1.29 is 0 Å². The van der Waals surface area contributed by atoms with Gasteiger partial charge in [0.15, 0.2) is 11.0 Å². The standard InChI is InChI=1S/C11H17Cl2N5/c1-8(7-18-4-2-3-5-18)6-14-10-9(12)16-17-11(13)15-10/h8H,2-7H2,1H3,(H,14,15,17). The molecule has 1 aromatic rings. The molecule has 18 heavy (non-hydrogen) atoms. The molecule has 1 aliphatic heterocycles. The highest BCUT2D eigenvalue weighted by molar-refractivity contribution is 6.32. The summed E-state index contributed by atoms with van der Waals surface area (Å²) in [7, 11) is 0. The molecule has 1 unspecified atom stereocenters. The first-order chi connectivity index (χ1) is 8.65.